The van der Waals surface area contributed by atoms with Gasteiger partial charge in [0.1, 0.15) is 0 Å². The number of fused-ring (bicyclic) bond motifs is 2. The van der Waals surface area contributed by atoms with Crippen molar-refractivity contribution in [2.45, 2.75) is 17.9 Å². The molecule has 1 spiro atoms. The van der Waals surface area contributed by atoms with Crippen molar-refractivity contribution < 1.29 is 9.72 Å². The van der Waals surface area contributed by atoms with Crippen molar-refractivity contribution in [3.63, 3.8) is 0 Å². The molecule has 1 saturated heterocycles. The van der Waals surface area contributed by atoms with Gasteiger partial charge >= 0.3 is 0 Å². The van der Waals surface area contributed by atoms with Crippen molar-refractivity contribution in [3.05, 3.63) is 69.8 Å². The average molecular weight is 323 g/mol. The van der Waals surface area contributed by atoms with E-state index in [0.717, 1.165) is 29.8 Å². The molecule has 6 nitrogen and oxygen atoms in total. The number of anilines is 1. The summed E-state index contributed by atoms with van der Waals surface area (Å²) < 4.78 is 0. The topological polar surface area (TPSA) is 75.5 Å². The average Bonchev–Trinajstić information content (AvgIpc) is 3.13. The minimum Gasteiger partial charge on any atom is -0.314 e. The van der Waals surface area contributed by atoms with Gasteiger partial charge in [-0.05, 0) is 30.2 Å². The van der Waals surface area contributed by atoms with E-state index in [0.29, 0.717) is 0 Å². The number of hydrogen-bond donors (Lipinski definition) is 1. The smallest absolute Gasteiger partial charge is 0.269 e. The second-order valence-electron chi connectivity index (χ2n) is 6.34. The van der Waals surface area contributed by atoms with Gasteiger partial charge in [0.2, 0.25) is 5.91 Å². The largest absolute Gasteiger partial charge is 0.314 e. The Morgan fingerprint density at radius 1 is 1.21 bits per heavy atom. The minimum absolute atomic E-state index is 0.0565. The van der Waals surface area contributed by atoms with Crippen LogP contribution in [0, 0.1) is 10.1 Å². The molecular weight excluding hydrogens is 306 g/mol. The molecule has 24 heavy (non-hydrogen) atoms. The summed E-state index contributed by atoms with van der Waals surface area (Å²) in [7, 11) is 1.81. The van der Waals surface area contributed by atoms with Crippen LogP contribution in [0.1, 0.15) is 23.6 Å². The molecule has 1 fully saturated rings. The molecule has 2 aliphatic heterocycles. The first-order valence-electron chi connectivity index (χ1n) is 7.91. The molecule has 0 saturated carbocycles. The van der Waals surface area contributed by atoms with Crippen LogP contribution in [0.4, 0.5) is 11.4 Å². The third-order valence-electron chi connectivity index (χ3n) is 5.23. The number of amides is 1. The molecule has 6 heteroatoms. The van der Waals surface area contributed by atoms with Crippen molar-refractivity contribution in [1.29, 1.82) is 0 Å². The standard InChI is InChI=1S/C18H17N3O3/c1-20-15-5-3-2-4-14(15)18(17(20)22)10-11-19-16(18)12-6-8-13(9-7-12)21(23)24/h2-9,16,19H,10-11H2,1H3/t16-,18-/m1/s1. The highest BCUT2D eigenvalue weighted by atomic mass is 16.6. The number of likely N-dealkylation sites (N-methyl/N-ethyl adjacent to an activating group) is 1. The van der Waals surface area contributed by atoms with E-state index in [1.54, 1.807) is 24.1 Å². The van der Waals surface area contributed by atoms with Crippen molar-refractivity contribution in [2.75, 3.05) is 18.5 Å². The Balaban J connectivity index is 1.83. The first kappa shape index (κ1) is 14.8. The second kappa shape index (κ2) is 5.14. The summed E-state index contributed by atoms with van der Waals surface area (Å²) in [6.45, 7) is 0.732. The number of nitrogens with one attached hydrogen (secondary N) is 1. The Bertz CT molecular complexity index is 834. The lowest BCUT2D eigenvalue weighted by Gasteiger charge is -2.30. The summed E-state index contributed by atoms with van der Waals surface area (Å²) in [5.41, 5.74) is 2.29. The molecule has 0 unspecified atom stereocenters. The molecule has 1 N–H and O–H groups in total. The number of nitro benzene ring substituents is 1. The third kappa shape index (κ3) is 1.83. The Morgan fingerprint density at radius 3 is 2.62 bits per heavy atom. The van der Waals surface area contributed by atoms with E-state index in [-0.39, 0.29) is 17.6 Å². The number of nitro groups is 1. The lowest BCUT2D eigenvalue weighted by molar-refractivity contribution is -0.384. The quantitative estimate of drug-likeness (QED) is 0.681. The molecule has 2 aromatic rings. The second-order valence-corrected chi connectivity index (χ2v) is 6.34. The molecule has 2 aliphatic rings. The number of non-ortho nitro benzene ring substituents is 1. The SMILES string of the molecule is CN1C(=O)[C@]2(CCN[C@@H]2c2ccc([N+](=O)[O-])cc2)c2ccccc21. The molecule has 1 amide bonds. The molecule has 4 rings (SSSR count). The minimum atomic E-state index is -0.637. The highest BCUT2D eigenvalue weighted by Gasteiger charge is 2.57. The van der Waals surface area contributed by atoms with Crippen LogP contribution < -0.4 is 10.2 Å². The van der Waals surface area contributed by atoms with E-state index in [1.807, 2.05) is 24.3 Å². The van der Waals surface area contributed by atoms with Crippen LogP contribution in [0.5, 0.6) is 0 Å². The van der Waals surface area contributed by atoms with Gasteiger partial charge in [0.15, 0.2) is 0 Å². The van der Waals surface area contributed by atoms with Gasteiger partial charge in [-0.25, -0.2) is 0 Å². The predicted molar refractivity (Wildman–Crippen MR) is 90.0 cm³/mol. The van der Waals surface area contributed by atoms with E-state index in [1.165, 1.54) is 12.1 Å². The lowest BCUT2D eigenvalue weighted by Crippen LogP contribution is -2.42. The number of carbonyl (C=O) groups excluding carboxylic acids is 1. The molecule has 2 aromatic carbocycles. The van der Waals surface area contributed by atoms with Gasteiger partial charge < -0.3 is 10.2 Å². The molecule has 0 aliphatic carbocycles. The molecule has 0 aromatic heterocycles. The number of hydrogen-bond acceptors (Lipinski definition) is 4. The zero-order valence-corrected chi connectivity index (χ0v) is 13.2. The van der Waals surface area contributed by atoms with Crippen LogP contribution in [0.2, 0.25) is 0 Å². The van der Waals surface area contributed by atoms with Crippen molar-refractivity contribution in [1.82, 2.24) is 5.32 Å². The van der Waals surface area contributed by atoms with Gasteiger partial charge in [0.25, 0.3) is 5.69 Å². The van der Waals surface area contributed by atoms with Crippen LogP contribution in [0.15, 0.2) is 48.5 Å². The van der Waals surface area contributed by atoms with Gasteiger partial charge in [0.05, 0.1) is 16.4 Å². The monoisotopic (exact) mass is 323 g/mol. The van der Waals surface area contributed by atoms with Gasteiger partial charge in [-0.1, -0.05) is 30.3 Å². The number of rotatable bonds is 2. The fourth-order valence-corrected chi connectivity index (χ4v) is 4.11. The summed E-state index contributed by atoms with van der Waals surface area (Å²) in [5.74, 6) is 0.0806. The van der Waals surface area contributed by atoms with E-state index >= 15 is 0 Å². The highest BCUT2D eigenvalue weighted by molar-refractivity contribution is 6.08. The van der Waals surface area contributed by atoms with Crippen LogP contribution in [0.3, 0.4) is 0 Å². The molecule has 122 valence electrons. The maximum atomic E-state index is 13.1. The van der Waals surface area contributed by atoms with Gasteiger partial charge in [-0.3, -0.25) is 14.9 Å². The maximum absolute atomic E-state index is 13.1. The predicted octanol–water partition coefficient (Wildman–Crippen LogP) is 2.54. The lowest BCUT2D eigenvalue weighted by atomic mass is 9.73. The molecule has 0 radical (unpaired) electrons. The van der Waals surface area contributed by atoms with E-state index in [2.05, 4.69) is 5.32 Å². The first-order chi connectivity index (χ1) is 11.6. The zero-order chi connectivity index (χ0) is 16.9. The van der Waals surface area contributed by atoms with Crippen LogP contribution in [0.25, 0.3) is 0 Å². The maximum Gasteiger partial charge on any atom is 0.269 e. The van der Waals surface area contributed by atoms with Crippen LogP contribution in [-0.4, -0.2) is 24.4 Å². The number of benzene rings is 2. The van der Waals surface area contributed by atoms with E-state index in [4.69, 9.17) is 0 Å². The molecule has 2 heterocycles. The van der Waals surface area contributed by atoms with Gasteiger partial charge in [-0.15, -0.1) is 0 Å². The van der Waals surface area contributed by atoms with Crippen LogP contribution in [-0.2, 0) is 10.2 Å². The first-order valence-corrected chi connectivity index (χ1v) is 7.91. The fraction of sp³-hybridized carbons (Fsp3) is 0.278. The number of carbonyl (C=O) groups is 1. The summed E-state index contributed by atoms with van der Waals surface area (Å²) >= 11 is 0. The Labute approximate surface area is 139 Å². The van der Waals surface area contributed by atoms with Crippen molar-refractivity contribution in [3.8, 4) is 0 Å². The summed E-state index contributed by atoms with van der Waals surface area (Å²) in [4.78, 5) is 25.3. The fourth-order valence-electron chi connectivity index (χ4n) is 4.11. The summed E-state index contributed by atoms with van der Waals surface area (Å²) in [5, 5.41) is 14.3. The molecule has 0 bridgehead atoms. The van der Waals surface area contributed by atoms with E-state index < -0.39 is 10.3 Å². The third-order valence-corrected chi connectivity index (χ3v) is 5.23. The van der Waals surface area contributed by atoms with Crippen LogP contribution >= 0.6 is 0 Å². The number of nitrogens with zero attached hydrogens (tertiary/aromatic N) is 2. The summed E-state index contributed by atoms with van der Waals surface area (Å²) in [6.07, 6.45) is 0.717. The van der Waals surface area contributed by atoms with Crippen molar-refractivity contribution >= 4 is 17.3 Å². The van der Waals surface area contributed by atoms with Crippen molar-refractivity contribution in [2.24, 2.45) is 0 Å². The van der Waals surface area contributed by atoms with Gasteiger partial charge in [-0.2, -0.15) is 0 Å². The molecular formula is C18H17N3O3. The van der Waals surface area contributed by atoms with Gasteiger partial charge in [0, 0.05) is 24.9 Å². The zero-order valence-electron chi connectivity index (χ0n) is 13.2. The summed E-state index contributed by atoms with van der Waals surface area (Å²) in [6, 6.07) is 14.2. The highest BCUT2D eigenvalue weighted by Crippen LogP contribution is 2.52. The molecule has 2 atom stereocenters. The normalized spacial score (nSPS) is 25.3. The van der Waals surface area contributed by atoms with E-state index in [9.17, 15) is 14.9 Å². The number of para-hydroxylation sites is 1. The Morgan fingerprint density at radius 2 is 1.92 bits per heavy atom. The Kier molecular flexibility index (Phi) is 3.18. The Hall–Kier alpha value is -2.73.